The van der Waals surface area contributed by atoms with Gasteiger partial charge in [-0.2, -0.15) is 5.10 Å². The fourth-order valence-electron chi connectivity index (χ4n) is 3.03. The van der Waals surface area contributed by atoms with E-state index >= 15 is 0 Å². The molecule has 0 N–H and O–H groups in total. The van der Waals surface area contributed by atoms with Crippen LogP contribution in [0, 0.1) is 5.92 Å². The summed E-state index contributed by atoms with van der Waals surface area (Å²) in [5, 5.41) is 4.52. The van der Waals surface area contributed by atoms with Crippen LogP contribution < -0.4 is 0 Å². The summed E-state index contributed by atoms with van der Waals surface area (Å²) in [6.07, 6.45) is 6.69. The number of amides is 1. The minimum absolute atomic E-state index is 0.0908. The molecule has 0 saturated carbocycles. The van der Waals surface area contributed by atoms with Crippen molar-refractivity contribution in [2.24, 2.45) is 5.92 Å². The molecule has 0 spiro atoms. The Kier molecular flexibility index (Phi) is 4.64. The lowest BCUT2D eigenvalue weighted by Gasteiger charge is -2.40. The largest absolute Gasteiger partial charge is 0.340 e. The van der Waals surface area contributed by atoms with Gasteiger partial charge in [-0.05, 0) is 51.5 Å². The third kappa shape index (κ3) is 3.68. The fourth-order valence-corrected chi connectivity index (χ4v) is 3.03. The molecule has 0 atom stereocenters. The van der Waals surface area contributed by atoms with E-state index in [0.29, 0.717) is 19.0 Å². The fraction of sp³-hybridized carbons (Fsp3) is 0.765. The van der Waals surface area contributed by atoms with E-state index in [9.17, 15) is 9.18 Å². The van der Waals surface area contributed by atoms with E-state index < -0.39 is 11.6 Å². The lowest BCUT2D eigenvalue weighted by molar-refractivity contribution is -0.144. The molecule has 2 rings (SSSR count). The second-order valence-electron chi connectivity index (χ2n) is 7.65. The summed E-state index contributed by atoms with van der Waals surface area (Å²) in [7, 11) is 0. The second kappa shape index (κ2) is 6.01. The molecule has 1 fully saturated rings. The molecule has 2 heterocycles. The van der Waals surface area contributed by atoms with Crippen molar-refractivity contribution in [1.82, 2.24) is 14.7 Å². The zero-order valence-corrected chi connectivity index (χ0v) is 14.4. The molecular weight excluding hydrogens is 281 g/mol. The van der Waals surface area contributed by atoms with Crippen LogP contribution in [0.5, 0.6) is 0 Å². The van der Waals surface area contributed by atoms with E-state index in [1.54, 1.807) is 4.90 Å². The van der Waals surface area contributed by atoms with Crippen molar-refractivity contribution in [2.75, 3.05) is 13.1 Å². The van der Waals surface area contributed by atoms with Gasteiger partial charge in [-0.3, -0.25) is 9.48 Å². The molecule has 1 aromatic rings. The van der Waals surface area contributed by atoms with E-state index in [2.05, 4.69) is 32.1 Å². The van der Waals surface area contributed by atoms with E-state index in [1.165, 1.54) is 19.4 Å². The maximum Gasteiger partial charge on any atom is 0.259 e. The number of carbonyl (C=O) groups excluding carboxylic acids is 1. The van der Waals surface area contributed by atoms with Crippen molar-refractivity contribution < 1.29 is 9.18 Å². The molecule has 22 heavy (non-hydrogen) atoms. The van der Waals surface area contributed by atoms with E-state index in [1.807, 2.05) is 10.9 Å². The maximum atomic E-state index is 13.8. The molecule has 0 aliphatic carbocycles. The number of alkyl halides is 1. The van der Waals surface area contributed by atoms with E-state index in [0.717, 1.165) is 19.3 Å². The molecule has 1 aliphatic heterocycles. The SMILES string of the molecule is CC(C)Cc1cnn(C2(C)CCN(C(=O)C(C)(C)F)CC2)c1. The van der Waals surface area contributed by atoms with Gasteiger partial charge < -0.3 is 4.90 Å². The van der Waals surface area contributed by atoms with Gasteiger partial charge in [0.1, 0.15) is 0 Å². The quantitative estimate of drug-likeness (QED) is 0.857. The molecule has 1 aliphatic rings. The van der Waals surface area contributed by atoms with Gasteiger partial charge in [0, 0.05) is 19.3 Å². The normalized spacial score (nSPS) is 18.8. The van der Waals surface area contributed by atoms with Crippen LogP contribution in [0.1, 0.15) is 53.0 Å². The zero-order chi connectivity index (χ0) is 16.5. The third-order valence-corrected chi connectivity index (χ3v) is 4.47. The molecule has 0 aromatic carbocycles. The summed E-state index contributed by atoms with van der Waals surface area (Å²) in [6, 6.07) is 0. The smallest absolute Gasteiger partial charge is 0.259 e. The zero-order valence-electron chi connectivity index (χ0n) is 14.4. The molecule has 5 heteroatoms. The lowest BCUT2D eigenvalue weighted by Crippen LogP contribution is -2.51. The van der Waals surface area contributed by atoms with Crippen LogP contribution in [0.3, 0.4) is 0 Å². The Morgan fingerprint density at radius 2 is 2.00 bits per heavy atom. The van der Waals surface area contributed by atoms with Crippen LogP contribution in [0.15, 0.2) is 12.4 Å². The average molecular weight is 309 g/mol. The van der Waals surface area contributed by atoms with Crippen molar-refractivity contribution in [1.29, 1.82) is 0 Å². The Morgan fingerprint density at radius 3 is 2.50 bits per heavy atom. The Labute approximate surface area is 132 Å². The summed E-state index contributed by atoms with van der Waals surface area (Å²) in [5.74, 6) is 0.201. The highest BCUT2D eigenvalue weighted by Crippen LogP contribution is 2.31. The molecule has 1 aromatic heterocycles. The van der Waals surface area contributed by atoms with E-state index in [4.69, 9.17) is 0 Å². The van der Waals surface area contributed by atoms with Crippen LogP contribution >= 0.6 is 0 Å². The molecule has 124 valence electrons. The highest BCUT2D eigenvalue weighted by Gasteiger charge is 2.38. The standard InChI is InChI=1S/C17H28FN3O/c1-13(2)10-14-11-19-21(12-14)17(5)6-8-20(9-7-17)15(22)16(3,4)18/h11-13H,6-10H2,1-5H3. The predicted octanol–water partition coefficient (Wildman–Crippen LogP) is 3.17. The summed E-state index contributed by atoms with van der Waals surface area (Å²) >= 11 is 0. The Bertz CT molecular complexity index is 522. The third-order valence-electron chi connectivity index (χ3n) is 4.47. The van der Waals surface area contributed by atoms with Gasteiger partial charge >= 0.3 is 0 Å². The summed E-state index contributed by atoms with van der Waals surface area (Å²) in [5.41, 5.74) is -0.629. The number of halogens is 1. The number of aromatic nitrogens is 2. The summed E-state index contributed by atoms with van der Waals surface area (Å²) < 4.78 is 15.8. The maximum absolute atomic E-state index is 13.8. The highest BCUT2D eigenvalue weighted by molar-refractivity contribution is 5.84. The van der Waals surface area contributed by atoms with Crippen LogP contribution in [0.4, 0.5) is 4.39 Å². The van der Waals surface area contributed by atoms with Crippen molar-refractivity contribution >= 4 is 5.91 Å². The van der Waals surface area contributed by atoms with Gasteiger partial charge in [0.05, 0.1) is 11.7 Å². The first-order valence-electron chi connectivity index (χ1n) is 8.14. The number of likely N-dealkylation sites (tertiary alicyclic amines) is 1. The minimum Gasteiger partial charge on any atom is -0.340 e. The molecule has 0 bridgehead atoms. The van der Waals surface area contributed by atoms with Gasteiger partial charge in [0.15, 0.2) is 5.67 Å². The van der Waals surface area contributed by atoms with Crippen LogP contribution in [0.25, 0.3) is 0 Å². The van der Waals surface area contributed by atoms with Gasteiger partial charge in [-0.25, -0.2) is 4.39 Å². The van der Waals surface area contributed by atoms with Crippen LogP contribution in [-0.4, -0.2) is 39.3 Å². The molecule has 0 radical (unpaired) electrons. The van der Waals surface area contributed by atoms with Crippen LogP contribution in [-0.2, 0) is 16.8 Å². The number of hydrogen-bond acceptors (Lipinski definition) is 2. The monoisotopic (exact) mass is 309 g/mol. The summed E-state index contributed by atoms with van der Waals surface area (Å²) in [4.78, 5) is 13.7. The molecule has 1 amide bonds. The number of carbonyl (C=O) groups is 1. The van der Waals surface area contributed by atoms with Crippen molar-refractivity contribution in [3.63, 3.8) is 0 Å². The Morgan fingerprint density at radius 1 is 1.41 bits per heavy atom. The van der Waals surface area contributed by atoms with Crippen molar-refractivity contribution in [3.8, 4) is 0 Å². The number of rotatable bonds is 4. The first-order chi connectivity index (χ1) is 10.1. The highest BCUT2D eigenvalue weighted by atomic mass is 19.1. The first-order valence-corrected chi connectivity index (χ1v) is 8.14. The van der Waals surface area contributed by atoms with E-state index in [-0.39, 0.29) is 5.54 Å². The van der Waals surface area contributed by atoms with Gasteiger partial charge in [0.2, 0.25) is 0 Å². The minimum atomic E-state index is -1.79. The van der Waals surface area contributed by atoms with Gasteiger partial charge in [-0.15, -0.1) is 0 Å². The molecule has 1 saturated heterocycles. The second-order valence-corrected chi connectivity index (χ2v) is 7.65. The van der Waals surface area contributed by atoms with Gasteiger partial charge in [-0.1, -0.05) is 13.8 Å². The summed E-state index contributed by atoms with van der Waals surface area (Å²) in [6.45, 7) is 10.4. The first kappa shape index (κ1) is 17.0. The van der Waals surface area contributed by atoms with Crippen molar-refractivity contribution in [2.45, 2.75) is 65.1 Å². The lowest BCUT2D eigenvalue weighted by atomic mass is 9.89. The number of nitrogens with zero attached hydrogens (tertiary/aromatic N) is 3. The number of piperidine rings is 1. The van der Waals surface area contributed by atoms with Gasteiger partial charge in [0.25, 0.3) is 5.91 Å². The average Bonchev–Trinajstić information content (AvgIpc) is 2.86. The molecule has 0 unspecified atom stereocenters. The van der Waals surface area contributed by atoms with Crippen molar-refractivity contribution in [3.05, 3.63) is 18.0 Å². The number of hydrogen-bond donors (Lipinski definition) is 0. The Hall–Kier alpha value is -1.39. The van der Waals surface area contributed by atoms with Crippen LogP contribution in [0.2, 0.25) is 0 Å². The predicted molar refractivity (Wildman–Crippen MR) is 85.4 cm³/mol. The Balaban J connectivity index is 2.02. The topological polar surface area (TPSA) is 38.1 Å². The molecule has 4 nitrogen and oxygen atoms in total. The molecular formula is C17H28FN3O.